The van der Waals surface area contributed by atoms with Crippen LogP contribution >= 0.6 is 0 Å². The van der Waals surface area contributed by atoms with E-state index in [4.69, 9.17) is 24.2 Å². The number of amides is 2. The molecule has 1 aromatic carbocycles. The number of allylic oxidation sites excluding steroid dienone is 1. The number of halogens is 2. The van der Waals surface area contributed by atoms with Crippen LogP contribution in [0.15, 0.2) is 24.3 Å². The number of esters is 1. The zero-order chi connectivity index (χ0) is 42.2. The molecule has 5 fully saturated rings. The van der Waals surface area contributed by atoms with Gasteiger partial charge in [0.1, 0.15) is 23.7 Å². The minimum Gasteiger partial charge on any atom is -0.497 e. The summed E-state index contributed by atoms with van der Waals surface area (Å²) < 4.78 is 74.5. The van der Waals surface area contributed by atoms with Gasteiger partial charge in [0.05, 0.1) is 53.7 Å². The maximum absolute atomic E-state index is 15.0. The van der Waals surface area contributed by atoms with Crippen molar-refractivity contribution < 1.29 is 50.6 Å². The number of nitrogens with one attached hydrogen (secondary N) is 1. The van der Waals surface area contributed by atoms with Crippen molar-refractivity contribution in [3.63, 3.8) is 0 Å². The molecule has 2 amide bonds. The fourth-order valence-corrected chi connectivity index (χ4v) is 11.4. The van der Waals surface area contributed by atoms with E-state index >= 15 is 0 Å². The van der Waals surface area contributed by atoms with E-state index < -0.39 is 92.4 Å². The van der Waals surface area contributed by atoms with Crippen LogP contribution in [0, 0.1) is 46.3 Å². The summed E-state index contributed by atoms with van der Waals surface area (Å²) in [5, 5.41) is -0.785. The molecule has 2 aliphatic heterocycles. The molecule has 4 aliphatic carbocycles. The predicted octanol–water partition coefficient (Wildman–Crippen LogP) is 5.89. The Bertz CT molecular complexity index is 2170. The van der Waals surface area contributed by atoms with Crippen molar-refractivity contribution in [1.29, 1.82) is 0 Å². The summed E-state index contributed by atoms with van der Waals surface area (Å²) in [6.45, 7) is 7.09. The Morgan fingerprint density at radius 3 is 2.49 bits per heavy atom. The largest absolute Gasteiger partial charge is 0.497 e. The van der Waals surface area contributed by atoms with Gasteiger partial charge in [-0.3, -0.25) is 23.9 Å². The standard InChI is InChI=1S/C43H54F2N4O9S/c1-22-35-21-49(37(22)33(50)20-43(19-29(43)38(44)45)41(53)48-59(54,55)25-12-13-25)40(52)28(42(2,3)4)18-36(51)57-34-16-23-15-27(23)26(34)9-7-6-8-10-31-39(58-35)47-32-17-24(56-5)11-14-30(32)46-31/h8,10-11,14,17,22-23,25-29,34-35,37-38H,6-7,9,12-13,15-16,18-21H2,1-5H3,(H,48,53)/b10-8+/t22-,23+,26-,27+,28-,29+,34-,35+,37+,43-/m1/s1. The van der Waals surface area contributed by atoms with Gasteiger partial charge in [0.25, 0.3) is 0 Å². The van der Waals surface area contributed by atoms with E-state index in [0.29, 0.717) is 47.2 Å². The second kappa shape index (κ2) is 15.4. The molecule has 1 saturated heterocycles. The number of carbonyl (C=O) groups is 4. The van der Waals surface area contributed by atoms with E-state index in [1.165, 1.54) is 12.0 Å². The van der Waals surface area contributed by atoms with Crippen molar-refractivity contribution in [2.24, 2.45) is 46.3 Å². The normalized spacial score (nSPS) is 34.1. The van der Waals surface area contributed by atoms with Crippen LogP contribution in [-0.2, 0) is 33.9 Å². The lowest BCUT2D eigenvalue weighted by Crippen LogP contribution is -2.50. The van der Waals surface area contributed by atoms with Crippen molar-refractivity contribution in [1.82, 2.24) is 19.6 Å². The molecule has 59 heavy (non-hydrogen) atoms. The Labute approximate surface area is 343 Å². The number of ketones is 1. The van der Waals surface area contributed by atoms with Gasteiger partial charge < -0.3 is 19.1 Å². The number of ether oxygens (including phenoxy) is 3. The molecule has 13 nitrogen and oxygen atoms in total. The fourth-order valence-electron chi connectivity index (χ4n) is 9.98. The number of hydrogen-bond donors (Lipinski definition) is 1. The van der Waals surface area contributed by atoms with Crippen LogP contribution < -0.4 is 14.2 Å². The van der Waals surface area contributed by atoms with Gasteiger partial charge in [-0.25, -0.2) is 27.2 Å². The molecular formula is C43H54F2N4O9S. The second-order valence-electron chi connectivity index (χ2n) is 18.9. The number of carbonyl (C=O) groups excluding carboxylic acids is 4. The summed E-state index contributed by atoms with van der Waals surface area (Å²) in [5.74, 6) is -4.08. The van der Waals surface area contributed by atoms with Gasteiger partial charge in [-0.1, -0.05) is 33.8 Å². The lowest BCUT2D eigenvalue weighted by molar-refractivity contribution is -0.158. The average molecular weight is 841 g/mol. The summed E-state index contributed by atoms with van der Waals surface area (Å²) in [6, 6.07) is 4.03. The Morgan fingerprint density at radius 2 is 1.81 bits per heavy atom. The number of benzene rings is 1. The number of nitrogens with zero attached hydrogens (tertiary/aromatic N) is 3. The Morgan fingerprint density at radius 1 is 1.05 bits per heavy atom. The molecule has 0 unspecified atom stereocenters. The van der Waals surface area contributed by atoms with Gasteiger partial charge in [0.15, 0.2) is 5.78 Å². The number of Topliss-reactive ketones (excluding diaryl/α,β-unsaturated/α-hetero) is 1. The van der Waals surface area contributed by atoms with E-state index in [9.17, 15) is 36.4 Å². The summed E-state index contributed by atoms with van der Waals surface area (Å²) in [5.41, 5.74) is -1.22. The van der Waals surface area contributed by atoms with Crippen LogP contribution in [0.1, 0.15) is 97.6 Å². The van der Waals surface area contributed by atoms with Crippen LogP contribution in [0.2, 0.25) is 0 Å². The third-order valence-corrected chi connectivity index (χ3v) is 15.7. The molecular weight excluding hydrogens is 787 g/mol. The van der Waals surface area contributed by atoms with Gasteiger partial charge in [-0.05, 0) is 92.7 Å². The zero-order valence-electron chi connectivity index (χ0n) is 34.2. The highest BCUT2D eigenvalue weighted by Crippen LogP contribution is 2.60. The van der Waals surface area contributed by atoms with Gasteiger partial charge in [0.2, 0.25) is 34.1 Å². The molecule has 6 aliphatic rings. The van der Waals surface area contributed by atoms with Gasteiger partial charge in [-0.15, -0.1) is 0 Å². The number of alkyl halides is 2. The summed E-state index contributed by atoms with van der Waals surface area (Å²) in [7, 11) is -2.56. The molecule has 0 spiro atoms. The molecule has 1 N–H and O–H groups in total. The number of methoxy groups -OCH3 is 1. The van der Waals surface area contributed by atoms with Crippen LogP contribution in [-0.4, -0.2) is 90.4 Å². The number of aromatic nitrogens is 2. The lowest BCUT2D eigenvalue weighted by Gasteiger charge is -2.35. The predicted molar refractivity (Wildman–Crippen MR) is 211 cm³/mol. The number of hydrogen-bond acceptors (Lipinski definition) is 11. The minimum atomic E-state index is -4.10. The monoisotopic (exact) mass is 840 g/mol. The van der Waals surface area contributed by atoms with Gasteiger partial charge >= 0.3 is 5.97 Å². The third kappa shape index (κ3) is 8.18. The highest BCUT2D eigenvalue weighted by molar-refractivity contribution is 7.90. The second-order valence-corrected chi connectivity index (χ2v) is 20.8. The molecule has 2 bridgehead atoms. The maximum atomic E-state index is 15.0. The quantitative estimate of drug-likeness (QED) is 0.315. The average Bonchev–Trinajstić information content (AvgIpc) is 4.09. The first kappa shape index (κ1) is 41.5. The minimum absolute atomic E-state index is 0.124. The van der Waals surface area contributed by atoms with Crippen LogP contribution in [0.3, 0.4) is 0 Å². The third-order valence-electron chi connectivity index (χ3n) is 13.8. The first-order valence-corrected chi connectivity index (χ1v) is 22.5. The van der Waals surface area contributed by atoms with E-state index in [1.54, 1.807) is 25.1 Å². The molecule has 10 atom stereocenters. The summed E-state index contributed by atoms with van der Waals surface area (Å²) in [4.78, 5) is 68.1. The van der Waals surface area contributed by atoms with Crippen LogP contribution in [0.5, 0.6) is 11.6 Å². The molecule has 320 valence electrons. The highest BCUT2D eigenvalue weighted by Gasteiger charge is 2.66. The van der Waals surface area contributed by atoms with E-state index in [-0.39, 0.29) is 37.3 Å². The molecule has 8 rings (SSSR count). The maximum Gasteiger partial charge on any atom is 0.306 e. The molecule has 3 heterocycles. The number of fused-ring (bicyclic) bond motifs is 7. The van der Waals surface area contributed by atoms with E-state index in [1.807, 2.05) is 37.6 Å². The zero-order valence-corrected chi connectivity index (χ0v) is 35.0. The fraction of sp³-hybridized carbons (Fsp3) is 0.674. The van der Waals surface area contributed by atoms with Gasteiger partial charge in [-0.2, -0.15) is 0 Å². The lowest BCUT2D eigenvalue weighted by atomic mass is 9.77. The first-order valence-electron chi connectivity index (χ1n) is 21.0. The highest BCUT2D eigenvalue weighted by atomic mass is 32.2. The van der Waals surface area contributed by atoms with Crippen LogP contribution in [0.4, 0.5) is 8.78 Å². The van der Waals surface area contributed by atoms with Crippen molar-refractivity contribution in [2.75, 3.05) is 13.7 Å². The molecule has 1 aromatic heterocycles. The topological polar surface area (TPSA) is 171 Å². The van der Waals surface area contributed by atoms with Crippen molar-refractivity contribution in [2.45, 2.75) is 122 Å². The molecule has 2 aromatic rings. The Hall–Kier alpha value is -4.21. The molecule has 0 radical (unpaired) electrons. The Kier molecular flexibility index (Phi) is 10.8. The molecule has 16 heteroatoms. The number of rotatable bonds is 8. The Balaban J connectivity index is 1.16. The van der Waals surface area contributed by atoms with E-state index in [2.05, 4.69) is 0 Å². The first-order chi connectivity index (χ1) is 27.9. The van der Waals surface area contributed by atoms with E-state index in [0.717, 1.165) is 32.1 Å². The van der Waals surface area contributed by atoms with Crippen molar-refractivity contribution in [3.8, 4) is 11.6 Å². The van der Waals surface area contributed by atoms with Crippen molar-refractivity contribution >= 4 is 50.7 Å². The smallest absolute Gasteiger partial charge is 0.306 e. The summed E-state index contributed by atoms with van der Waals surface area (Å²) in [6.07, 6.45) is 3.53. The van der Waals surface area contributed by atoms with Gasteiger partial charge in [0, 0.05) is 24.3 Å². The summed E-state index contributed by atoms with van der Waals surface area (Å²) >= 11 is 0. The number of sulfonamides is 1. The van der Waals surface area contributed by atoms with Crippen LogP contribution in [0.25, 0.3) is 17.1 Å². The molecule has 4 saturated carbocycles. The van der Waals surface area contributed by atoms with Crippen molar-refractivity contribution in [3.05, 3.63) is 30.0 Å². The SMILES string of the molecule is COc1ccc2nc3c(nc2c1)O[C@H]1CN(C(=O)[C@H](C(C)(C)C)CC(=O)O[C@@H]2C[C@@H]4C[C@@H]4[C@H]2CCC/C=C/3)[C@H](C(=O)C[C@]2(C(=O)NS(=O)(=O)C3CC3)C[C@H]2C(F)F)[C@@H]1C.